The first-order valence-electron chi connectivity index (χ1n) is 10.3. The highest BCUT2D eigenvalue weighted by atomic mass is 16.5. The molecule has 1 N–H and O–H groups in total. The van der Waals surface area contributed by atoms with Crippen LogP contribution in [0.25, 0.3) is 21.8 Å². The van der Waals surface area contributed by atoms with E-state index < -0.39 is 0 Å². The average molecular weight is 380 g/mol. The van der Waals surface area contributed by atoms with Crippen molar-refractivity contribution < 1.29 is 9.47 Å². The lowest BCUT2D eigenvalue weighted by molar-refractivity contribution is 0.248. The van der Waals surface area contributed by atoms with Crippen LogP contribution in [0.15, 0.2) is 36.4 Å². The van der Waals surface area contributed by atoms with Crippen LogP contribution in [0.1, 0.15) is 26.2 Å². The van der Waals surface area contributed by atoms with Crippen LogP contribution in [-0.2, 0) is 0 Å². The van der Waals surface area contributed by atoms with Gasteiger partial charge in [-0.15, -0.1) is 0 Å². The molecular formula is C23H29N3O2. The van der Waals surface area contributed by atoms with Gasteiger partial charge in [0.2, 0.25) is 0 Å². The summed E-state index contributed by atoms with van der Waals surface area (Å²) in [6.07, 6.45) is 3.68. The molecule has 2 aromatic carbocycles. The van der Waals surface area contributed by atoms with Crippen LogP contribution in [0.4, 0.5) is 5.69 Å². The fraction of sp³-hybridized carbons (Fsp3) is 0.435. The molecule has 148 valence electrons. The molecule has 0 radical (unpaired) electrons. The molecule has 0 atom stereocenters. The maximum atomic E-state index is 6.13. The minimum atomic E-state index is 0.603. The van der Waals surface area contributed by atoms with Crippen LogP contribution in [-0.4, -0.2) is 49.8 Å². The number of anilines is 1. The molecule has 5 heteroatoms. The number of fused-ring (bicyclic) bond motifs is 2. The first-order chi connectivity index (χ1) is 13.8. The Labute approximate surface area is 166 Å². The SMILES string of the molecule is CCOc1cc2c(NC)c3ccccc3nc2cc1OCCCN1CCCC1. The lowest BCUT2D eigenvalue weighted by Crippen LogP contribution is -2.21. The predicted molar refractivity (Wildman–Crippen MR) is 116 cm³/mol. The van der Waals surface area contributed by atoms with Crippen molar-refractivity contribution in [1.29, 1.82) is 0 Å². The van der Waals surface area contributed by atoms with Gasteiger partial charge in [-0.25, -0.2) is 4.98 Å². The summed E-state index contributed by atoms with van der Waals surface area (Å²) in [5.41, 5.74) is 2.96. The number of nitrogens with one attached hydrogen (secondary N) is 1. The van der Waals surface area contributed by atoms with Gasteiger partial charge in [0.15, 0.2) is 11.5 Å². The highest BCUT2D eigenvalue weighted by Gasteiger charge is 2.15. The summed E-state index contributed by atoms with van der Waals surface area (Å²) in [6, 6.07) is 12.3. The maximum Gasteiger partial charge on any atom is 0.163 e. The number of pyridine rings is 1. The van der Waals surface area contributed by atoms with Gasteiger partial charge in [-0.05, 0) is 51.4 Å². The summed E-state index contributed by atoms with van der Waals surface area (Å²) < 4.78 is 12.0. The minimum Gasteiger partial charge on any atom is -0.490 e. The normalized spacial score (nSPS) is 14.6. The van der Waals surface area contributed by atoms with E-state index in [1.807, 2.05) is 38.2 Å². The van der Waals surface area contributed by atoms with Crippen LogP contribution in [0.2, 0.25) is 0 Å². The van der Waals surface area contributed by atoms with E-state index in [9.17, 15) is 0 Å². The third-order valence-electron chi connectivity index (χ3n) is 5.37. The minimum absolute atomic E-state index is 0.603. The van der Waals surface area contributed by atoms with Crippen molar-refractivity contribution in [3.05, 3.63) is 36.4 Å². The Morgan fingerprint density at radius 3 is 2.57 bits per heavy atom. The molecule has 1 aliphatic rings. The molecule has 5 nitrogen and oxygen atoms in total. The molecule has 0 unspecified atom stereocenters. The fourth-order valence-corrected chi connectivity index (χ4v) is 4.03. The van der Waals surface area contributed by atoms with Crippen molar-refractivity contribution in [3.63, 3.8) is 0 Å². The molecule has 0 saturated carbocycles. The zero-order valence-corrected chi connectivity index (χ0v) is 16.8. The summed E-state index contributed by atoms with van der Waals surface area (Å²) >= 11 is 0. The van der Waals surface area contributed by atoms with Gasteiger partial charge in [0.1, 0.15) is 0 Å². The average Bonchev–Trinajstić information content (AvgIpc) is 3.23. The summed E-state index contributed by atoms with van der Waals surface area (Å²) in [7, 11) is 1.95. The topological polar surface area (TPSA) is 46.6 Å². The van der Waals surface area contributed by atoms with E-state index >= 15 is 0 Å². The quantitative estimate of drug-likeness (QED) is 0.454. The van der Waals surface area contributed by atoms with Crippen molar-refractivity contribution >= 4 is 27.5 Å². The smallest absolute Gasteiger partial charge is 0.163 e. The Bertz CT molecular complexity index is 951. The number of benzene rings is 2. The van der Waals surface area contributed by atoms with Gasteiger partial charge in [0.25, 0.3) is 0 Å². The first-order valence-corrected chi connectivity index (χ1v) is 10.3. The Morgan fingerprint density at radius 2 is 1.79 bits per heavy atom. The number of para-hydroxylation sites is 1. The molecule has 28 heavy (non-hydrogen) atoms. The van der Waals surface area contributed by atoms with Crippen LogP contribution in [0.5, 0.6) is 11.5 Å². The summed E-state index contributed by atoms with van der Waals surface area (Å²) in [4.78, 5) is 7.37. The van der Waals surface area contributed by atoms with E-state index in [0.29, 0.717) is 13.2 Å². The number of ether oxygens (including phenoxy) is 2. The molecule has 1 aromatic heterocycles. The van der Waals surface area contributed by atoms with Crippen LogP contribution in [0.3, 0.4) is 0 Å². The molecule has 1 aliphatic heterocycles. The van der Waals surface area contributed by atoms with Crippen molar-refractivity contribution in [2.75, 3.05) is 45.2 Å². The van der Waals surface area contributed by atoms with E-state index in [1.165, 1.54) is 25.9 Å². The molecule has 0 amide bonds. The van der Waals surface area contributed by atoms with Gasteiger partial charge in [0.05, 0.1) is 29.9 Å². The third-order valence-corrected chi connectivity index (χ3v) is 5.37. The molecule has 1 fully saturated rings. The van der Waals surface area contributed by atoms with Crippen LogP contribution >= 0.6 is 0 Å². The number of hydrogen-bond donors (Lipinski definition) is 1. The van der Waals surface area contributed by atoms with Crippen molar-refractivity contribution in [2.45, 2.75) is 26.2 Å². The van der Waals surface area contributed by atoms with Gasteiger partial charge in [-0.2, -0.15) is 0 Å². The van der Waals surface area contributed by atoms with Gasteiger partial charge in [-0.3, -0.25) is 0 Å². The highest BCUT2D eigenvalue weighted by molar-refractivity contribution is 6.08. The Hall–Kier alpha value is -2.53. The first kappa shape index (κ1) is 18.8. The predicted octanol–water partition coefficient (Wildman–Crippen LogP) is 4.69. The molecule has 0 spiro atoms. The van der Waals surface area contributed by atoms with Crippen LogP contribution < -0.4 is 14.8 Å². The molecule has 1 saturated heterocycles. The largest absolute Gasteiger partial charge is 0.490 e. The van der Waals surface area contributed by atoms with Gasteiger partial charge in [0, 0.05) is 30.4 Å². The standard InChI is InChI=1S/C23H29N3O2/c1-3-27-21-15-18-20(25-19-10-5-4-9-17(19)23(18)24-2)16-22(21)28-14-8-13-26-11-6-7-12-26/h4-5,9-10,15-16H,3,6-8,11-14H2,1-2H3,(H,24,25). The van der Waals surface area contributed by atoms with E-state index in [0.717, 1.165) is 52.0 Å². The Kier molecular flexibility index (Phi) is 5.81. The zero-order chi connectivity index (χ0) is 19.3. The molecular weight excluding hydrogens is 350 g/mol. The van der Waals surface area contributed by atoms with E-state index in [4.69, 9.17) is 14.5 Å². The van der Waals surface area contributed by atoms with Crippen molar-refractivity contribution in [1.82, 2.24) is 9.88 Å². The second-order valence-electron chi connectivity index (χ2n) is 7.25. The number of hydrogen-bond acceptors (Lipinski definition) is 5. The molecule has 3 aromatic rings. The van der Waals surface area contributed by atoms with Gasteiger partial charge >= 0.3 is 0 Å². The third kappa shape index (κ3) is 3.85. The van der Waals surface area contributed by atoms with E-state index in [2.05, 4.69) is 22.3 Å². The van der Waals surface area contributed by atoms with E-state index in [1.54, 1.807) is 0 Å². The van der Waals surface area contributed by atoms with Gasteiger partial charge in [-0.1, -0.05) is 18.2 Å². The molecule has 0 aliphatic carbocycles. The number of nitrogens with zero attached hydrogens (tertiary/aromatic N) is 2. The highest BCUT2D eigenvalue weighted by Crippen LogP contribution is 2.38. The summed E-state index contributed by atoms with van der Waals surface area (Å²) in [6.45, 7) is 6.84. The monoisotopic (exact) mass is 379 g/mol. The van der Waals surface area contributed by atoms with Gasteiger partial charge < -0.3 is 19.7 Å². The van der Waals surface area contributed by atoms with Crippen molar-refractivity contribution in [2.24, 2.45) is 0 Å². The number of aromatic nitrogens is 1. The molecule has 2 heterocycles. The Morgan fingerprint density at radius 1 is 1.00 bits per heavy atom. The number of rotatable bonds is 8. The summed E-state index contributed by atoms with van der Waals surface area (Å²) in [5.74, 6) is 1.56. The van der Waals surface area contributed by atoms with E-state index in [-0.39, 0.29) is 0 Å². The lowest BCUT2D eigenvalue weighted by Gasteiger charge is -2.17. The molecule has 4 rings (SSSR count). The maximum absolute atomic E-state index is 6.13. The molecule has 0 bridgehead atoms. The fourth-order valence-electron chi connectivity index (χ4n) is 4.03. The van der Waals surface area contributed by atoms with Crippen LogP contribution in [0, 0.1) is 0 Å². The summed E-state index contributed by atoms with van der Waals surface area (Å²) in [5, 5.41) is 5.50. The number of likely N-dealkylation sites (tertiary alicyclic amines) is 1. The lowest BCUT2D eigenvalue weighted by atomic mass is 10.1. The second-order valence-corrected chi connectivity index (χ2v) is 7.25. The van der Waals surface area contributed by atoms with Crippen molar-refractivity contribution in [3.8, 4) is 11.5 Å². The Balaban J connectivity index is 1.63. The second kappa shape index (κ2) is 8.65. The zero-order valence-electron chi connectivity index (χ0n) is 16.8.